The van der Waals surface area contributed by atoms with E-state index in [0.29, 0.717) is 17.9 Å². The van der Waals surface area contributed by atoms with E-state index in [9.17, 15) is 14.4 Å². The first-order valence-corrected chi connectivity index (χ1v) is 10.6. The summed E-state index contributed by atoms with van der Waals surface area (Å²) in [6.07, 6.45) is 0.260. The van der Waals surface area contributed by atoms with Crippen LogP contribution in [0.15, 0.2) is 48.5 Å². The molecule has 0 amide bonds. The van der Waals surface area contributed by atoms with E-state index in [0.717, 1.165) is 22.9 Å². The first-order valence-electron chi connectivity index (χ1n) is 9.76. The molecule has 0 aromatic heterocycles. The maximum Gasteiger partial charge on any atom is 0.306 e. The maximum atomic E-state index is 11.9. The highest BCUT2D eigenvalue weighted by Gasteiger charge is 2.31. The third-order valence-corrected chi connectivity index (χ3v) is 5.85. The van der Waals surface area contributed by atoms with Crippen molar-refractivity contribution in [1.29, 1.82) is 0 Å². The fourth-order valence-electron chi connectivity index (χ4n) is 3.07. The molecule has 1 heterocycles. The second-order valence-corrected chi connectivity index (χ2v) is 8.15. The van der Waals surface area contributed by atoms with Gasteiger partial charge in [-0.05, 0) is 41.8 Å². The number of ketones is 1. The van der Waals surface area contributed by atoms with Gasteiger partial charge >= 0.3 is 5.97 Å². The molecule has 2 unspecified atom stereocenters. The van der Waals surface area contributed by atoms with Gasteiger partial charge in [-0.15, -0.1) is 0 Å². The van der Waals surface area contributed by atoms with Gasteiger partial charge in [0, 0.05) is 6.42 Å². The van der Waals surface area contributed by atoms with Gasteiger partial charge in [0.05, 0.1) is 18.8 Å². The minimum atomic E-state index is -0.564. The summed E-state index contributed by atoms with van der Waals surface area (Å²) in [6.45, 7) is 1.90. The van der Waals surface area contributed by atoms with Crippen LogP contribution in [0.4, 0.5) is 0 Å². The van der Waals surface area contributed by atoms with E-state index in [2.05, 4.69) is 0 Å². The molecule has 1 aliphatic rings. The normalized spacial score (nSPS) is 16.9. The molecule has 0 radical (unpaired) electrons. The molecule has 1 fully saturated rings. The molecule has 1 saturated heterocycles. The van der Waals surface area contributed by atoms with E-state index in [4.69, 9.17) is 14.2 Å². The average molecular weight is 429 g/mol. The molecule has 158 valence electrons. The number of carbonyl (C=O) groups is 3. The summed E-state index contributed by atoms with van der Waals surface area (Å²) in [5.41, 5.74) is 1.75. The molecule has 0 bridgehead atoms. The molecular formula is C23H24O6S. The van der Waals surface area contributed by atoms with Gasteiger partial charge in [-0.1, -0.05) is 43.0 Å². The third kappa shape index (κ3) is 5.86. The highest BCUT2D eigenvalue weighted by atomic mass is 32.2. The Morgan fingerprint density at radius 1 is 1.13 bits per heavy atom. The predicted molar refractivity (Wildman–Crippen MR) is 114 cm³/mol. The quantitative estimate of drug-likeness (QED) is 0.442. The predicted octanol–water partition coefficient (Wildman–Crippen LogP) is 3.91. The van der Waals surface area contributed by atoms with Gasteiger partial charge in [-0.25, -0.2) is 0 Å². The van der Waals surface area contributed by atoms with Crippen molar-refractivity contribution in [1.82, 2.24) is 0 Å². The van der Waals surface area contributed by atoms with Crippen molar-refractivity contribution in [2.24, 2.45) is 0 Å². The lowest BCUT2D eigenvalue weighted by Crippen LogP contribution is -2.18. The number of hydrogen-bond acceptors (Lipinski definition) is 7. The molecule has 30 heavy (non-hydrogen) atoms. The van der Waals surface area contributed by atoms with Crippen LogP contribution in [0.1, 0.15) is 37.0 Å². The third-order valence-electron chi connectivity index (χ3n) is 4.73. The number of rotatable bonds is 9. The lowest BCUT2D eigenvalue weighted by molar-refractivity contribution is -0.150. The SMILES string of the molecule is CCC(=O)OC(COc1ccc(CC2SC(=O)CC2=O)cc1)c1cccc(OC)c1. The Hall–Kier alpha value is -2.80. The van der Waals surface area contributed by atoms with E-state index in [1.807, 2.05) is 48.5 Å². The molecule has 2 atom stereocenters. The molecule has 0 N–H and O–H groups in total. The summed E-state index contributed by atoms with van der Waals surface area (Å²) < 4.78 is 16.7. The standard InChI is InChI=1S/C23H24O6S/c1-3-22(25)29-20(16-5-4-6-18(12-16)27-2)14-28-17-9-7-15(8-10-17)11-21-19(24)13-23(26)30-21/h4-10,12,20-21H,3,11,13-14H2,1-2H3. The Morgan fingerprint density at radius 3 is 2.53 bits per heavy atom. The van der Waals surface area contributed by atoms with Gasteiger partial charge in [0.15, 0.2) is 17.0 Å². The van der Waals surface area contributed by atoms with Gasteiger partial charge in [-0.3, -0.25) is 14.4 Å². The average Bonchev–Trinajstić information content (AvgIpc) is 3.08. The smallest absolute Gasteiger partial charge is 0.306 e. The minimum Gasteiger partial charge on any atom is -0.497 e. The Balaban J connectivity index is 1.63. The Kier molecular flexibility index (Phi) is 7.52. The van der Waals surface area contributed by atoms with E-state index < -0.39 is 6.10 Å². The molecule has 2 aromatic carbocycles. The molecule has 0 saturated carbocycles. The molecule has 0 spiro atoms. The lowest BCUT2D eigenvalue weighted by Gasteiger charge is -2.19. The zero-order valence-electron chi connectivity index (χ0n) is 17.0. The number of thioether (sulfide) groups is 1. The Morgan fingerprint density at radius 2 is 1.90 bits per heavy atom. The van der Waals surface area contributed by atoms with Crippen LogP contribution in [0.25, 0.3) is 0 Å². The van der Waals surface area contributed by atoms with E-state index in [1.165, 1.54) is 0 Å². The summed E-state index contributed by atoms with van der Waals surface area (Å²) in [6, 6.07) is 14.7. The summed E-state index contributed by atoms with van der Waals surface area (Å²) in [5.74, 6) is 0.979. The Labute approximate surface area is 179 Å². The summed E-state index contributed by atoms with van der Waals surface area (Å²) in [7, 11) is 1.58. The number of hydrogen-bond donors (Lipinski definition) is 0. The number of benzene rings is 2. The topological polar surface area (TPSA) is 78.9 Å². The van der Waals surface area contributed by atoms with Crippen molar-refractivity contribution < 1.29 is 28.6 Å². The van der Waals surface area contributed by atoms with Crippen LogP contribution in [0.2, 0.25) is 0 Å². The van der Waals surface area contributed by atoms with Crippen LogP contribution < -0.4 is 9.47 Å². The van der Waals surface area contributed by atoms with Crippen LogP contribution in [0.5, 0.6) is 11.5 Å². The number of Topliss-reactive ketones (excluding diaryl/α,β-unsaturated/α-hetero) is 1. The van der Waals surface area contributed by atoms with Gasteiger partial charge in [0.25, 0.3) is 0 Å². The first-order chi connectivity index (χ1) is 14.5. The zero-order chi connectivity index (χ0) is 21.5. The number of carbonyl (C=O) groups excluding carboxylic acids is 3. The second-order valence-electron chi connectivity index (χ2n) is 6.89. The molecule has 0 aliphatic carbocycles. The molecule has 1 aliphatic heterocycles. The number of esters is 1. The highest BCUT2D eigenvalue weighted by Crippen LogP contribution is 2.29. The first kappa shape index (κ1) is 21.9. The van der Waals surface area contributed by atoms with Crippen LogP contribution in [-0.2, 0) is 25.5 Å². The minimum absolute atomic E-state index is 0.0100. The van der Waals surface area contributed by atoms with Crippen LogP contribution in [-0.4, -0.2) is 35.8 Å². The van der Waals surface area contributed by atoms with Crippen molar-refractivity contribution in [2.45, 2.75) is 37.5 Å². The summed E-state index contributed by atoms with van der Waals surface area (Å²) >= 11 is 1.12. The molecule has 6 nitrogen and oxygen atoms in total. The van der Waals surface area contributed by atoms with Crippen LogP contribution in [0.3, 0.4) is 0 Å². The largest absolute Gasteiger partial charge is 0.497 e. The van der Waals surface area contributed by atoms with Gasteiger partial charge in [0.2, 0.25) is 0 Å². The van der Waals surface area contributed by atoms with E-state index in [1.54, 1.807) is 14.0 Å². The van der Waals surface area contributed by atoms with Crippen LogP contribution in [0, 0.1) is 0 Å². The molecule has 7 heteroatoms. The van der Waals surface area contributed by atoms with Crippen molar-refractivity contribution >= 4 is 28.6 Å². The van der Waals surface area contributed by atoms with E-state index in [-0.39, 0.29) is 41.6 Å². The molecule has 2 aromatic rings. The Bertz CT molecular complexity index is 908. The fraction of sp³-hybridized carbons (Fsp3) is 0.348. The number of ether oxygens (including phenoxy) is 3. The van der Waals surface area contributed by atoms with E-state index >= 15 is 0 Å². The van der Waals surface area contributed by atoms with Gasteiger partial charge in [0.1, 0.15) is 18.1 Å². The summed E-state index contributed by atoms with van der Waals surface area (Å²) in [4.78, 5) is 35.1. The van der Waals surface area contributed by atoms with Crippen molar-refractivity contribution in [3.05, 3.63) is 59.7 Å². The van der Waals surface area contributed by atoms with Gasteiger partial charge < -0.3 is 14.2 Å². The molecular weight excluding hydrogens is 404 g/mol. The van der Waals surface area contributed by atoms with Crippen molar-refractivity contribution in [2.75, 3.05) is 13.7 Å². The highest BCUT2D eigenvalue weighted by molar-refractivity contribution is 8.15. The molecule has 3 rings (SSSR count). The van der Waals surface area contributed by atoms with Crippen molar-refractivity contribution in [3.63, 3.8) is 0 Å². The monoisotopic (exact) mass is 428 g/mol. The second kappa shape index (κ2) is 10.3. The van der Waals surface area contributed by atoms with Gasteiger partial charge in [-0.2, -0.15) is 0 Å². The summed E-state index contributed by atoms with van der Waals surface area (Å²) in [5, 5.41) is -0.356. The lowest BCUT2D eigenvalue weighted by atomic mass is 10.1. The maximum absolute atomic E-state index is 11.9. The fourth-order valence-corrected chi connectivity index (χ4v) is 4.10. The van der Waals surface area contributed by atoms with Crippen LogP contribution >= 0.6 is 11.8 Å². The number of methoxy groups -OCH3 is 1. The van der Waals surface area contributed by atoms with Crippen molar-refractivity contribution in [3.8, 4) is 11.5 Å². The zero-order valence-corrected chi connectivity index (χ0v) is 17.8.